The molecule has 21 heavy (non-hydrogen) atoms. The van der Waals surface area contributed by atoms with E-state index in [9.17, 15) is 18.9 Å². The smallest absolute Gasteiger partial charge is 0.363 e. The number of nitrogens with zero attached hydrogens (tertiary/aromatic N) is 1. The maximum absolute atomic E-state index is 13.1. The Morgan fingerprint density at radius 1 is 1.67 bits per heavy atom. The number of nitrogens with one attached hydrogen (secondary N) is 1. The molecule has 0 amide bonds. The first-order valence-corrected chi connectivity index (χ1v) is 8.57. The number of halogens is 1. The minimum absolute atomic E-state index is 0.000509. The summed E-state index contributed by atoms with van der Waals surface area (Å²) in [5.74, 6) is 0. The molecular weight excluding hydrogens is 326 g/mol. The van der Waals surface area contributed by atoms with Crippen LogP contribution in [0.1, 0.15) is 18.2 Å². The largest absolute Gasteiger partial charge is 0.394 e. The number of H-pyrrole nitrogens is 1. The highest BCUT2D eigenvalue weighted by atomic mass is 32.5. The normalized spacial score (nSPS) is 28.5. The average Bonchev–Trinajstić information content (AvgIpc) is 2.74. The third kappa shape index (κ3) is 3.85. The summed E-state index contributed by atoms with van der Waals surface area (Å²) < 4.78 is 24.3. The Labute approximate surface area is 123 Å². The standard InChI is InChI=1S/C10H14FN2O6PS/c1-5-3-13(10(16)12-9(5)15)8-2-6(7(4-14)18-8)19-20(11,17)21/h3,6-8,14H,2,4H2,1H3,(H,17,21)(H,12,15,16)/t6-,7+,8+,20?/m0/s1. The number of aromatic amines is 1. The van der Waals surface area contributed by atoms with Gasteiger partial charge in [-0.05, 0) is 18.7 Å². The van der Waals surface area contributed by atoms with Crippen LogP contribution in [0.3, 0.4) is 0 Å². The highest BCUT2D eigenvalue weighted by Crippen LogP contribution is 2.48. The molecule has 1 aliphatic heterocycles. The molecular formula is C10H14FN2O6PS. The zero-order valence-electron chi connectivity index (χ0n) is 10.9. The van der Waals surface area contributed by atoms with Crippen molar-refractivity contribution in [3.05, 3.63) is 32.6 Å². The van der Waals surface area contributed by atoms with Crippen molar-refractivity contribution in [1.29, 1.82) is 0 Å². The van der Waals surface area contributed by atoms with E-state index in [-0.39, 0.29) is 6.42 Å². The van der Waals surface area contributed by atoms with Gasteiger partial charge in [0.15, 0.2) is 0 Å². The molecule has 0 bridgehead atoms. The molecule has 118 valence electrons. The molecule has 2 heterocycles. The second-order valence-electron chi connectivity index (χ2n) is 4.62. The first kappa shape index (κ1) is 16.5. The van der Waals surface area contributed by atoms with Gasteiger partial charge < -0.3 is 14.7 Å². The molecule has 0 aromatic carbocycles. The summed E-state index contributed by atoms with van der Waals surface area (Å²) in [6.45, 7) is -3.40. The topological polar surface area (TPSA) is 114 Å². The van der Waals surface area contributed by atoms with Crippen molar-refractivity contribution in [2.45, 2.75) is 31.8 Å². The van der Waals surface area contributed by atoms with E-state index >= 15 is 0 Å². The minimum Gasteiger partial charge on any atom is -0.394 e. The lowest BCUT2D eigenvalue weighted by Gasteiger charge is -2.17. The van der Waals surface area contributed by atoms with E-state index < -0.39 is 43.1 Å². The number of hydrogen-bond acceptors (Lipinski definition) is 6. The number of rotatable bonds is 4. The fourth-order valence-corrected chi connectivity index (χ4v) is 3.00. The molecule has 0 radical (unpaired) electrons. The Morgan fingerprint density at radius 3 is 2.90 bits per heavy atom. The molecule has 4 atom stereocenters. The summed E-state index contributed by atoms with van der Waals surface area (Å²) in [7, 11) is 0. The summed E-state index contributed by atoms with van der Waals surface area (Å²) in [5.41, 5.74) is -0.923. The number of aromatic nitrogens is 2. The van der Waals surface area contributed by atoms with E-state index in [0.717, 1.165) is 4.57 Å². The fraction of sp³-hybridized carbons (Fsp3) is 0.600. The van der Waals surface area contributed by atoms with Crippen molar-refractivity contribution in [1.82, 2.24) is 9.55 Å². The lowest BCUT2D eigenvalue weighted by Crippen LogP contribution is -2.33. The molecule has 0 spiro atoms. The van der Waals surface area contributed by atoms with E-state index in [0.29, 0.717) is 5.56 Å². The summed E-state index contributed by atoms with van der Waals surface area (Å²) in [5, 5.41) is 9.19. The molecule has 0 aliphatic carbocycles. The third-order valence-corrected chi connectivity index (χ3v) is 3.87. The van der Waals surface area contributed by atoms with Crippen molar-refractivity contribution in [3.63, 3.8) is 0 Å². The highest BCUT2D eigenvalue weighted by molar-refractivity contribution is 8.06. The zero-order valence-corrected chi connectivity index (χ0v) is 12.6. The van der Waals surface area contributed by atoms with Gasteiger partial charge >= 0.3 is 12.5 Å². The summed E-state index contributed by atoms with van der Waals surface area (Å²) in [4.78, 5) is 34.1. The minimum atomic E-state index is -4.42. The Balaban J connectivity index is 2.27. The predicted molar refractivity (Wildman–Crippen MR) is 74.2 cm³/mol. The van der Waals surface area contributed by atoms with Crippen LogP contribution < -0.4 is 11.2 Å². The molecule has 3 N–H and O–H groups in total. The van der Waals surface area contributed by atoms with Gasteiger partial charge in [0, 0.05) is 18.2 Å². The van der Waals surface area contributed by atoms with Crippen LogP contribution in [0, 0.1) is 6.92 Å². The second kappa shape index (κ2) is 6.07. The molecule has 1 aliphatic rings. The summed E-state index contributed by atoms with van der Waals surface area (Å²) in [6, 6.07) is 0. The van der Waals surface area contributed by atoms with Crippen LogP contribution in [0.25, 0.3) is 0 Å². The Bertz CT molecular complexity index is 685. The molecule has 8 nitrogen and oxygen atoms in total. The van der Waals surface area contributed by atoms with Crippen molar-refractivity contribution in [2.75, 3.05) is 6.61 Å². The van der Waals surface area contributed by atoms with Crippen LogP contribution in [0.2, 0.25) is 0 Å². The predicted octanol–water partition coefficient (Wildman–Crippen LogP) is -0.304. The lowest BCUT2D eigenvalue weighted by molar-refractivity contribution is -0.0428. The van der Waals surface area contributed by atoms with Gasteiger partial charge in [0.1, 0.15) is 18.4 Å². The van der Waals surface area contributed by atoms with Crippen LogP contribution >= 0.6 is 6.80 Å². The summed E-state index contributed by atoms with van der Waals surface area (Å²) >= 11 is 4.17. The van der Waals surface area contributed by atoms with Crippen molar-refractivity contribution in [2.24, 2.45) is 0 Å². The zero-order chi connectivity index (χ0) is 15.8. The number of hydrogen-bond donors (Lipinski definition) is 3. The molecule has 1 saturated heterocycles. The van der Waals surface area contributed by atoms with E-state index in [1.54, 1.807) is 0 Å². The van der Waals surface area contributed by atoms with Crippen molar-refractivity contribution in [3.8, 4) is 0 Å². The van der Waals surface area contributed by atoms with Crippen molar-refractivity contribution < 1.29 is 23.5 Å². The van der Waals surface area contributed by atoms with E-state index in [1.165, 1.54) is 13.1 Å². The third-order valence-electron chi connectivity index (χ3n) is 3.08. The fourth-order valence-electron chi connectivity index (χ4n) is 2.11. The second-order valence-corrected chi connectivity index (χ2v) is 7.09. The number of aryl methyl sites for hydroxylation is 1. The Hall–Kier alpha value is -0.900. The molecule has 1 fully saturated rings. The maximum Gasteiger partial charge on any atom is 0.363 e. The van der Waals surface area contributed by atoms with Gasteiger partial charge in [-0.1, -0.05) is 0 Å². The van der Waals surface area contributed by atoms with Crippen LogP contribution in [-0.4, -0.2) is 38.4 Å². The first-order valence-electron chi connectivity index (χ1n) is 6.00. The number of aliphatic hydroxyl groups excluding tert-OH is 1. The van der Waals surface area contributed by atoms with Gasteiger partial charge in [0.25, 0.3) is 5.56 Å². The van der Waals surface area contributed by atoms with E-state index in [4.69, 9.17) is 14.2 Å². The van der Waals surface area contributed by atoms with E-state index in [2.05, 4.69) is 16.8 Å². The van der Waals surface area contributed by atoms with Crippen LogP contribution in [0.5, 0.6) is 0 Å². The molecule has 1 aromatic rings. The van der Waals surface area contributed by atoms with Gasteiger partial charge in [-0.2, -0.15) is 4.20 Å². The monoisotopic (exact) mass is 340 g/mol. The van der Waals surface area contributed by atoms with Gasteiger partial charge in [0.2, 0.25) is 0 Å². The van der Waals surface area contributed by atoms with Gasteiger partial charge in [-0.15, -0.1) is 0 Å². The van der Waals surface area contributed by atoms with Crippen LogP contribution in [0.4, 0.5) is 4.20 Å². The number of ether oxygens (including phenoxy) is 1. The maximum atomic E-state index is 13.1. The van der Waals surface area contributed by atoms with Gasteiger partial charge in [-0.3, -0.25) is 18.9 Å². The molecule has 0 saturated carbocycles. The van der Waals surface area contributed by atoms with E-state index in [1.807, 2.05) is 0 Å². The summed E-state index contributed by atoms with van der Waals surface area (Å²) in [6.07, 6.45) is -1.48. The van der Waals surface area contributed by atoms with Crippen LogP contribution in [0.15, 0.2) is 15.8 Å². The lowest BCUT2D eigenvalue weighted by atomic mass is 10.2. The number of aliphatic hydroxyl groups is 1. The SMILES string of the molecule is Cc1cn([C@H]2C[C@H](OP(O)(F)=S)[C@@H](CO)O2)c(=O)[nH]c1=O. The van der Waals surface area contributed by atoms with Crippen molar-refractivity contribution >= 4 is 18.6 Å². The molecule has 1 aromatic heterocycles. The Morgan fingerprint density at radius 2 is 2.33 bits per heavy atom. The van der Waals surface area contributed by atoms with Crippen LogP contribution in [-0.2, 0) is 21.1 Å². The average molecular weight is 340 g/mol. The first-order chi connectivity index (χ1) is 9.71. The highest BCUT2D eigenvalue weighted by Gasteiger charge is 2.39. The Kier molecular flexibility index (Phi) is 4.76. The molecule has 1 unspecified atom stereocenters. The van der Waals surface area contributed by atoms with Gasteiger partial charge in [0.05, 0.1) is 6.61 Å². The van der Waals surface area contributed by atoms with Gasteiger partial charge in [-0.25, -0.2) is 4.79 Å². The quantitative estimate of drug-likeness (QED) is 0.645. The molecule has 2 rings (SSSR count). The molecule has 11 heteroatoms.